The zero-order valence-electron chi connectivity index (χ0n) is 23.7. The molecule has 3 aromatic carbocycles. The lowest BCUT2D eigenvalue weighted by molar-refractivity contribution is 0.262. The maximum Gasteiger partial charge on any atom is 0.324 e. The second kappa shape index (κ2) is 11.7. The third kappa shape index (κ3) is 5.67. The number of imidazole rings is 1. The van der Waals surface area contributed by atoms with Gasteiger partial charge in [-0.05, 0) is 48.5 Å². The van der Waals surface area contributed by atoms with Crippen LogP contribution in [0.1, 0.15) is 25.6 Å². The average molecular weight is 574 g/mol. The molecule has 2 N–H and O–H groups in total. The van der Waals surface area contributed by atoms with Gasteiger partial charge in [-0.15, -0.1) is 0 Å². The molecule has 11 heteroatoms. The first-order valence-corrected chi connectivity index (χ1v) is 13.1. The molecule has 0 fully saturated rings. The van der Waals surface area contributed by atoms with Crippen LogP contribution in [0.5, 0.6) is 23.0 Å². The van der Waals surface area contributed by atoms with E-state index < -0.39 is 11.8 Å². The Labute approximate surface area is 241 Å². The second-order valence-electron chi connectivity index (χ2n) is 9.75. The number of hydrogen-bond donors (Lipinski definition) is 2. The summed E-state index contributed by atoms with van der Waals surface area (Å²) in [7, 11) is 4.83. The predicted octanol–water partition coefficient (Wildman–Crippen LogP) is 7.49. The highest BCUT2D eigenvalue weighted by Gasteiger charge is 2.21. The number of nitrogens with zero attached hydrogens (tertiary/aromatic N) is 3. The van der Waals surface area contributed by atoms with Gasteiger partial charge in [0.05, 0.1) is 19.7 Å². The van der Waals surface area contributed by atoms with Crippen molar-refractivity contribution < 1.29 is 27.8 Å². The minimum absolute atomic E-state index is 0.0463. The Kier molecular flexibility index (Phi) is 7.92. The number of amides is 2. The molecule has 9 nitrogen and oxygen atoms in total. The lowest BCUT2D eigenvalue weighted by Gasteiger charge is -2.14. The van der Waals surface area contributed by atoms with E-state index >= 15 is 4.39 Å². The van der Waals surface area contributed by atoms with Crippen molar-refractivity contribution in [2.24, 2.45) is 7.05 Å². The molecule has 0 aliphatic heterocycles. The van der Waals surface area contributed by atoms with Crippen molar-refractivity contribution in [3.05, 3.63) is 84.3 Å². The van der Waals surface area contributed by atoms with E-state index in [1.54, 1.807) is 48.1 Å². The predicted molar refractivity (Wildman–Crippen MR) is 157 cm³/mol. The number of ether oxygens (including phenoxy) is 3. The Morgan fingerprint density at radius 2 is 1.60 bits per heavy atom. The van der Waals surface area contributed by atoms with Crippen LogP contribution in [-0.4, -0.2) is 34.8 Å². The van der Waals surface area contributed by atoms with Crippen molar-refractivity contribution in [3.8, 4) is 34.3 Å². The van der Waals surface area contributed by atoms with Gasteiger partial charge in [0, 0.05) is 47.9 Å². The lowest BCUT2D eigenvalue weighted by Crippen LogP contribution is -2.21. The zero-order chi connectivity index (χ0) is 30.0. The van der Waals surface area contributed by atoms with Gasteiger partial charge in [-0.2, -0.15) is 0 Å². The number of urea groups is 1. The maximum absolute atomic E-state index is 15.1. The first kappa shape index (κ1) is 28.3. The van der Waals surface area contributed by atoms with Crippen LogP contribution >= 0.6 is 0 Å². The number of carbonyl (C=O) groups is 1. The number of halogens is 2. The highest BCUT2D eigenvalue weighted by Crippen LogP contribution is 2.38. The molecular formula is C31H29F2N5O4. The van der Waals surface area contributed by atoms with Gasteiger partial charge in [-0.3, -0.25) is 10.3 Å². The summed E-state index contributed by atoms with van der Waals surface area (Å²) in [4.78, 5) is 22.0. The normalized spacial score (nSPS) is 11.0. The third-order valence-electron chi connectivity index (χ3n) is 6.61. The number of aromatic nitrogens is 3. The molecule has 0 aliphatic rings. The number of benzene rings is 3. The molecule has 42 heavy (non-hydrogen) atoms. The fourth-order valence-corrected chi connectivity index (χ4v) is 4.57. The molecule has 5 aromatic rings. The Morgan fingerprint density at radius 1 is 0.881 bits per heavy atom. The number of carbonyl (C=O) groups excluding carboxylic acids is 1. The molecule has 0 aliphatic carbocycles. The molecule has 0 bridgehead atoms. The molecule has 0 radical (unpaired) electrons. The number of hydrogen-bond acceptors (Lipinski definition) is 6. The van der Waals surface area contributed by atoms with E-state index in [4.69, 9.17) is 14.2 Å². The highest BCUT2D eigenvalue weighted by atomic mass is 19.1. The van der Waals surface area contributed by atoms with Crippen molar-refractivity contribution in [2.75, 3.05) is 24.9 Å². The molecule has 2 heterocycles. The van der Waals surface area contributed by atoms with Crippen molar-refractivity contribution in [3.63, 3.8) is 0 Å². The van der Waals surface area contributed by atoms with Gasteiger partial charge < -0.3 is 24.1 Å². The third-order valence-corrected chi connectivity index (χ3v) is 6.61. The number of pyridine rings is 1. The lowest BCUT2D eigenvalue weighted by atomic mass is 10.1. The molecule has 2 aromatic heterocycles. The Balaban J connectivity index is 1.36. The standard InChI is InChI=1S/C31H29F2N5O4/c1-17(2)29-36-28(18-6-8-19(32)9-7-18)30(38(29)3)37-31(39)35-20-10-11-25(22(33)14-20)42-24-12-13-34-23-16-27(41-5)26(40-4)15-21(23)24/h6-17H,1-5H3,(H2,35,37,39). The summed E-state index contributed by atoms with van der Waals surface area (Å²) in [5.74, 6) is 1.45. The monoisotopic (exact) mass is 573 g/mol. The molecular weight excluding hydrogens is 544 g/mol. The molecule has 0 saturated carbocycles. The first-order chi connectivity index (χ1) is 20.2. The molecule has 0 saturated heterocycles. The van der Waals surface area contributed by atoms with E-state index in [9.17, 15) is 9.18 Å². The summed E-state index contributed by atoms with van der Waals surface area (Å²) >= 11 is 0. The Bertz CT molecular complexity index is 1770. The van der Waals surface area contributed by atoms with Crippen LogP contribution in [0.15, 0.2) is 66.9 Å². The SMILES string of the molecule is COc1cc2nccc(Oc3ccc(NC(=O)Nc4c(-c5ccc(F)cc5)nc(C(C)C)n4C)cc3F)c2cc1OC. The molecule has 0 unspecified atom stereocenters. The average Bonchev–Trinajstić information content (AvgIpc) is 3.29. The first-order valence-electron chi connectivity index (χ1n) is 13.1. The Hall–Kier alpha value is -5.19. The molecule has 2 amide bonds. The summed E-state index contributed by atoms with van der Waals surface area (Å²) < 4.78 is 47.0. The largest absolute Gasteiger partial charge is 0.493 e. The van der Waals surface area contributed by atoms with E-state index in [1.807, 2.05) is 13.8 Å². The quantitative estimate of drug-likeness (QED) is 0.200. The van der Waals surface area contributed by atoms with Crippen molar-refractivity contribution in [2.45, 2.75) is 19.8 Å². The number of methoxy groups -OCH3 is 2. The number of anilines is 2. The maximum atomic E-state index is 15.1. The van der Waals surface area contributed by atoms with Gasteiger partial charge in [-0.25, -0.2) is 18.6 Å². The van der Waals surface area contributed by atoms with Gasteiger partial charge in [0.2, 0.25) is 0 Å². The fraction of sp³-hybridized carbons (Fsp3) is 0.194. The smallest absolute Gasteiger partial charge is 0.324 e. The van der Waals surface area contributed by atoms with Crippen molar-refractivity contribution >= 4 is 28.4 Å². The molecule has 0 spiro atoms. The van der Waals surface area contributed by atoms with Crippen LogP contribution in [-0.2, 0) is 7.05 Å². The van der Waals surface area contributed by atoms with Crippen LogP contribution in [0.4, 0.5) is 25.1 Å². The van der Waals surface area contributed by atoms with Gasteiger partial charge >= 0.3 is 6.03 Å². The molecule has 5 rings (SSSR count). The van der Waals surface area contributed by atoms with Gasteiger partial charge in [0.15, 0.2) is 23.1 Å². The van der Waals surface area contributed by atoms with Gasteiger partial charge in [-0.1, -0.05) is 13.8 Å². The summed E-state index contributed by atoms with van der Waals surface area (Å²) in [5.41, 5.74) is 1.92. The Morgan fingerprint density at radius 3 is 2.26 bits per heavy atom. The van der Waals surface area contributed by atoms with Gasteiger partial charge in [0.1, 0.15) is 28.9 Å². The topological polar surface area (TPSA) is 99.5 Å². The number of fused-ring (bicyclic) bond motifs is 1. The van der Waals surface area contributed by atoms with E-state index in [1.165, 1.54) is 38.5 Å². The highest BCUT2D eigenvalue weighted by molar-refractivity contribution is 6.01. The van der Waals surface area contributed by atoms with Gasteiger partial charge in [0.25, 0.3) is 0 Å². The minimum atomic E-state index is -0.687. The summed E-state index contributed by atoms with van der Waals surface area (Å²) in [6, 6.07) is 14.4. The van der Waals surface area contributed by atoms with Crippen molar-refractivity contribution in [1.82, 2.24) is 14.5 Å². The van der Waals surface area contributed by atoms with Crippen LogP contribution in [0.25, 0.3) is 22.2 Å². The van der Waals surface area contributed by atoms with Crippen LogP contribution in [0.2, 0.25) is 0 Å². The molecule has 0 atom stereocenters. The molecule has 216 valence electrons. The van der Waals surface area contributed by atoms with E-state index in [2.05, 4.69) is 20.6 Å². The summed E-state index contributed by atoms with van der Waals surface area (Å²) in [6.07, 6.45) is 1.55. The van der Waals surface area contributed by atoms with E-state index in [0.29, 0.717) is 45.2 Å². The van der Waals surface area contributed by atoms with Crippen molar-refractivity contribution in [1.29, 1.82) is 0 Å². The van der Waals surface area contributed by atoms with Crippen LogP contribution in [0.3, 0.4) is 0 Å². The van der Waals surface area contributed by atoms with E-state index in [0.717, 1.165) is 11.9 Å². The summed E-state index contributed by atoms with van der Waals surface area (Å²) in [6.45, 7) is 3.96. The van der Waals surface area contributed by atoms with Crippen LogP contribution < -0.4 is 24.8 Å². The number of rotatable bonds is 8. The zero-order valence-corrected chi connectivity index (χ0v) is 23.7. The summed E-state index contributed by atoms with van der Waals surface area (Å²) in [5, 5.41) is 6.05. The number of nitrogens with one attached hydrogen (secondary N) is 2. The minimum Gasteiger partial charge on any atom is -0.493 e. The second-order valence-corrected chi connectivity index (χ2v) is 9.75. The van der Waals surface area contributed by atoms with E-state index in [-0.39, 0.29) is 23.2 Å². The fourth-order valence-electron chi connectivity index (χ4n) is 4.57. The van der Waals surface area contributed by atoms with Crippen LogP contribution in [0, 0.1) is 11.6 Å².